The van der Waals surface area contributed by atoms with Crippen LogP contribution in [0.5, 0.6) is 0 Å². The van der Waals surface area contributed by atoms with E-state index in [0.717, 1.165) is 20.6 Å². The molecule has 1 amide bonds. The second-order valence-corrected chi connectivity index (χ2v) is 7.32. The fraction of sp³-hybridized carbons (Fsp3) is 0.105. The lowest BCUT2D eigenvalue weighted by Crippen LogP contribution is -2.31. The number of carbonyl (C=O) groups excluding carboxylic acids is 1. The van der Waals surface area contributed by atoms with Crippen molar-refractivity contribution in [3.8, 4) is 10.6 Å². The number of nitrogen functional groups attached to an aromatic ring is 1. The topological polar surface area (TPSA) is 81.3 Å². The van der Waals surface area contributed by atoms with Crippen molar-refractivity contribution in [3.63, 3.8) is 0 Å². The predicted molar refractivity (Wildman–Crippen MR) is 112 cm³/mol. The SMILES string of the molecule is C=CCOC(=O)N(Cc1ccc(Br)cc1N)c1csc(-c2ccncc2)n1. The molecule has 2 heterocycles. The van der Waals surface area contributed by atoms with Crippen LogP contribution in [0.2, 0.25) is 0 Å². The molecule has 0 unspecified atom stereocenters. The van der Waals surface area contributed by atoms with Gasteiger partial charge in [0.1, 0.15) is 17.4 Å². The summed E-state index contributed by atoms with van der Waals surface area (Å²) in [5.41, 5.74) is 8.41. The fourth-order valence-electron chi connectivity index (χ4n) is 2.34. The Kier molecular flexibility index (Phi) is 6.20. The highest BCUT2D eigenvalue weighted by Gasteiger charge is 2.22. The maximum atomic E-state index is 12.6. The lowest BCUT2D eigenvalue weighted by molar-refractivity contribution is 0.165. The molecule has 8 heteroatoms. The number of rotatable bonds is 6. The van der Waals surface area contributed by atoms with Crippen LogP contribution in [0, 0.1) is 0 Å². The molecular formula is C19H17BrN4O2S. The molecule has 1 aromatic carbocycles. The molecule has 0 atom stereocenters. The van der Waals surface area contributed by atoms with Gasteiger partial charge in [0.2, 0.25) is 0 Å². The van der Waals surface area contributed by atoms with Crippen LogP contribution in [0.4, 0.5) is 16.3 Å². The van der Waals surface area contributed by atoms with Gasteiger partial charge in [-0.2, -0.15) is 0 Å². The first-order chi connectivity index (χ1) is 13.1. The molecule has 3 rings (SSSR count). The van der Waals surface area contributed by atoms with Crippen molar-refractivity contribution in [1.29, 1.82) is 0 Å². The number of hydrogen-bond acceptors (Lipinski definition) is 6. The van der Waals surface area contributed by atoms with Gasteiger partial charge in [0, 0.05) is 33.5 Å². The normalized spacial score (nSPS) is 10.4. The third-order valence-corrected chi connectivity index (χ3v) is 5.05. The van der Waals surface area contributed by atoms with E-state index in [9.17, 15) is 4.79 Å². The van der Waals surface area contributed by atoms with Crippen LogP contribution in [0.25, 0.3) is 10.6 Å². The largest absolute Gasteiger partial charge is 0.445 e. The lowest BCUT2D eigenvalue weighted by atomic mass is 10.2. The maximum absolute atomic E-state index is 12.6. The summed E-state index contributed by atoms with van der Waals surface area (Å²) in [5.74, 6) is 0.503. The summed E-state index contributed by atoms with van der Waals surface area (Å²) in [4.78, 5) is 22.7. The van der Waals surface area contributed by atoms with E-state index >= 15 is 0 Å². The number of ether oxygens (including phenoxy) is 1. The first-order valence-corrected chi connectivity index (χ1v) is 9.70. The molecule has 0 aliphatic heterocycles. The molecule has 0 saturated carbocycles. The minimum absolute atomic E-state index is 0.118. The first-order valence-electron chi connectivity index (χ1n) is 8.03. The van der Waals surface area contributed by atoms with E-state index in [1.165, 1.54) is 22.3 Å². The van der Waals surface area contributed by atoms with Gasteiger partial charge in [-0.3, -0.25) is 9.88 Å². The molecule has 3 aromatic rings. The highest BCUT2D eigenvalue weighted by Crippen LogP contribution is 2.29. The van der Waals surface area contributed by atoms with Gasteiger partial charge in [-0.1, -0.05) is 34.7 Å². The molecule has 0 spiro atoms. The van der Waals surface area contributed by atoms with Crippen molar-refractivity contribution in [2.45, 2.75) is 6.54 Å². The van der Waals surface area contributed by atoms with Crippen molar-refractivity contribution >= 4 is 44.9 Å². The number of pyridine rings is 1. The van der Waals surface area contributed by atoms with E-state index < -0.39 is 6.09 Å². The molecule has 27 heavy (non-hydrogen) atoms. The van der Waals surface area contributed by atoms with Gasteiger partial charge in [0.25, 0.3) is 0 Å². The molecule has 6 nitrogen and oxygen atoms in total. The van der Waals surface area contributed by atoms with Gasteiger partial charge in [-0.25, -0.2) is 9.78 Å². The average Bonchev–Trinajstić information content (AvgIpc) is 3.16. The Morgan fingerprint density at radius 3 is 2.81 bits per heavy atom. The Morgan fingerprint density at radius 1 is 1.33 bits per heavy atom. The van der Waals surface area contributed by atoms with Crippen LogP contribution in [0.3, 0.4) is 0 Å². The monoisotopic (exact) mass is 444 g/mol. The number of halogens is 1. The Bertz CT molecular complexity index is 946. The highest BCUT2D eigenvalue weighted by molar-refractivity contribution is 9.10. The Labute approximate surface area is 169 Å². The third kappa shape index (κ3) is 4.72. The van der Waals surface area contributed by atoms with Crippen LogP contribution in [0.15, 0.2) is 65.2 Å². The second-order valence-electron chi connectivity index (χ2n) is 5.54. The number of nitrogens with zero attached hydrogens (tertiary/aromatic N) is 3. The van der Waals surface area contributed by atoms with E-state index in [1.807, 2.05) is 29.6 Å². The van der Waals surface area contributed by atoms with Gasteiger partial charge < -0.3 is 10.5 Å². The molecule has 0 aliphatic rings. The number of benzene rings is 1. The smallest absolute Gasteiger partial charge is 0.416 e. The number of hydrogen-bond donors (Lipinski definition) is 1. The Balaban J connectivity index is 1.91. The van der Waals surface area contributed by atoms with E-state index in [0.29, 0.717) is 11.5 Å². The minimum Gasteiger partial charge on any atom is -0.445 e. The standard InChI is InChI=1S/C19H17BrN4O2S/c1-2-9-26-19(25)24(11-14-3-4-15(20)10-16(14)21)17-12-27-18(23-17)13-5-7-22-8-6-13/h2-8,10,12H,1,9,11,21H2. The quantitative estimate of drug-likeness (QED) is 0.432. The zero-order chi connectivity index (χ0) is 19.2. The van der Waals surface area contributed by atoms with Crippen LogP contribution in [-0.2, 0) is 11.3 Å². The fourth-order valence-corrected chi connectivity index (χ4v) is 3.54. The van der Waals surface area contributed by atoms with Crippen molar-refractivity contribution in [1.82, 2.24) is 9.97 Å². The minimum atomic E-state index is -0.510. The third-order valence-electron chi connectivity index (χ3n) is 3.68. The summed E-state index contributed by atoms with van der Waals surface area (Å²) >= 11 is 4.83. The van der Waals surface area contributed by atoms with Gasteiger partial charge in [0.15, 0.2) is 0 Å². The number of carbonyl (C=O) groups is 1. The molecule has 2 aromatic heterocycles. The zero-order valence-corrected chi connectivity index (χ0v) is 16.7. The summed E-state index contributed by atoms with van der Waals surface area (Å²) in [5, 5.41) is 2.61. The van der Waals surface area contributed by atoms with Gasteiger partial charge in [0.05, 0.1) is 6.54 Å². The Morgan fingerprint density at radius 2 is 2.11 bits per heavy atom. The van der Waals surface area contributed by atoms with Gasteiger partial charge in [-0.05, 0) is 29.8 Å². The van der Waals surface area contributed by atoms with E-state index in [4.69, 9.17) is 10.5 Å². The number of anilines is 2. The summed E-state index contributed by atoms with van der Waals surface area (Å²) in [6.45, 7) is 3.94. The summed E-state index contributed by atoms with van der Waals surface area (Å²) in [7, 11) is 0. The maximum Gasteiger partial charge on any atom is 0.416 e. The molecule has 0 fully saturated rings. The molecule has 138 valence electrons. The molecule has 0 saturated heterocycles. The highest BCUT2D eigenvalue weighted by atomic mass is 79.9. The zero-order valence-electron chi connectivity index (χ0n) is 14.3. The first kappa shape index (κ1) is 19.1. The van der Waals surface area contributed by atoms with E-state index in [-0.39, 0.29) is 13.2 Å². The Hall–Kier alpha value is -2.71. The van der Waals surface area contributed by atoms with Gasteiger partial charge >= 0.3 is 6.09 Å². The van der Waals surface area contributed by atoms with Crippen molar-refractivity contribution < 1.29 is 9.53 Å². The summed E-state index contributed by atoms with van der Waals surface area (Å²) in [6, 6.07) is 9.28. The molecule has 0 aliphatic carbocycles. The van der Waals surface area contributed by atoms with Crippen molar-refractivity contribution in [2.75, 3.05) is 17.2 Å². The average molecular weight is 445 g/mol. The van der Waals surface area contributed by atoms with Crippen LogP contribution >= 0.6 is 27.3 Å². The predicted octanol–water partition coefficient (Wildman–Crippen LogP) is 4.88. The van der Waals surface area contributed by atoms with Crippen molar-refractivity contribution in [3.05, 3.63) is 70.8 Å². The van der Waals surface area contributed by atoms with Gasteiger partial charge in [-0.15, -0.1) is 11.3 Å². The van der Waals surface area contributed by atoms with E-state index in [2.05, 4.69) is 32.5 Å². The number of amides is 1. The summed E-state index contributed by atoms with van der Waals surface area (Å²) in [6.07, 6.45) is 4.42. The lowest BCUT2D eigenvalue weighted by Gasteiger charge is -2.20. The van der Waals surface area contributed by atoms with Crippen LogP contribution < -0.4 is 10.6 Å². The summed E-state index contributed by atoms with van der Waals surface area (Å²) < 4.78 is 6.11. The van der Waals surface area contributed by atoms with Crippen LogP contribution in [0.1, 0.15) is 5.56 Å². The van der Waals surface area contributed by atoms with Crippen LogP contribution in [-0.4, -0.2) is 22.7 Å². The number of nitrogens with two attached hydrogens (primary N) is 1. The molecule has 0 bridgehead atoms. The molecular weight excluding hydrogens is 428 g/mol. The molecule has 2 N–H and O–H groups in total. The molecule has 0 radical (unpaired) electrons. The number of aromatic nitrogens is 2. The second kappa shape index (κ2) is 8.79. The van der Waals surface area contributed by atoms with E-state index in [1.54, 1.807) is 18.5 Å². The van der Waals surface area contributed by atoms with Crippen molar-refractivity contribution in [2.24, 2.45) is 0 Å². The number of thiazole rings is 1.